The molecule has 0 aliphatic heterocycles. The van der Waals surface area contributed by atoms with Crippen LogP contribution < -0.4 is 29.6 Å². The zero-order chi connectivity index (χ0) is 10.8. The van der Waals surface area contributed by atoms with E-state index in [2.05, 4.69) is 25.0 Å². The summed E-state index contributed by atoms with van der Waals surface area (Å²) in [7, 11) is -3.46. The summed E-state index contributed by atoms with van der Waals surface area (Å²) in [6.07, 6.45) is 0.956. The molecule has 0 aromatic heterocycles. The van der Waals surface area contributed by atoms with Gasteiger partial charge in [-0.3, -0.25) is 4.21 Å². The molecular weight excluding hydrogens is 239 g/mol. The Bertz CT molecular complexity index is 396. The van der Waals surface area contributed by atoms with Crippen molar-refractivity contribution in [3.8, 4) is 0 Å². The molecule has 1 aromatic rings. The minimum Gasteiger partial charge on any atom is -0.766 e. The summed E-state index contributed by atoms with van der Waals surface area (Å²) in [5.74, 6) is 0.570. The summed E-state index contributed by atoms with van der Waals surface area (Å²) < 4.78 is 22.0. The monoisotopic (exact) mass is 252 g/mol. The molecule has 0 radical (unpaired) electrons. The molecule has 0 bridgehead atoms. The molecular formula is C10H13NaO2S2. The van der Waals surface area contributed by atoms with Crippen molar-refractivity contribution in [2.24, 2.45) is 5.92 Å². The Morgan fingerprint density at radius 2 is 1.80 bits per heavy atom. The van der Waals surface area contributed by atoms with Crippen LogP contribution in [-0.4, -0.2) is 8.76 Å². The van der Waals surface area contributed by atoms with Gasteiger partial charge in [-0.2, -0.15) is 0 Å². The van der Waals surface area contributed by atoms with Gasteiger partial charge in [0.2, 0.25) is 0 Å². The summed E-state index contributed by atoms with van der Waals surface area (Å²) >= 11 is 4.35. The molecule has 2 nitrogen and oxygen atoms in total. The third kappa shape index (κ3) is 5.43. The van der Waals surface area contributed by atoms with Gasteiger partial charge in [0.1, 0.15) is 0 Å². The molecule has 5 heteroatoms. The van der Waals surface area contributed by atoms with Crippen molar-refractivity contribution < 1.29 is 38.3 Å². The van der Waals surface area contributed by atoms with Crippen LogP contribution in [0.2, 0.25) is 0 Å². The standard InChI is InChI=1S/C10H14O2S2.Na/c1-8(2)7-9-3-5-10(6-4-9)14(11,12)13;/h3-6,8H,7H2,1-2H3,(H,11,12,13);/q;+1/p-1. The first-order valence-corrected chi connectivity index (χ1v) is 6.85. The minimum atomic E-state index is -3.46. The fourth-order valence-corrected chi connectivity index (χ4v) is 2.07. The molecule has 0 amide bonds. The van der Waals surface area contributed by atoms with Crippen LogP contribution >= 0.6 is 0 Å². The second-order valence-electron chi connectivity index (χ2n) is 3.70. The summed E-state index contributed by atoms with van der Waals surface area (Å²) in [6, 6.07) is 6.78. The maximum atomic E-state index is 11.0. The van der Waals surface area contributed by atoms with E-state index in [4.69, 9.17) is 0 Å². The molecule has 1 rings (SSSR count). The molecule has 0 saturated carbocycles. The van der Waals surface area contributed by atoms with Crippen LogP contribution in [0.3, 0.4) is 0 Å². The Kier molecular flexibility index (Phi) is 6.56. The van der Waals surface area contributed by atoms with Crippen LogP contribution in [0.25, 0.3) is 0 Å². The smallest absolute Gasteiger partial charge is 0.766 e. The fourth-order valence-electron chi connectivity index (χ4n) is 1.26. The third-order valence-electron chi connectivity index (χ3n) is 1.86. The molecule has 78 valence electrons. The van der Waals surface area contributed by atoms with E-state index in [1.807, 2.05) is 12.1 Å². The summed E-state index contributed by atoms with van der Waals surface area (Å²) in [6.45, 7) is 4.25. The van der Waals surface area contributed by atoms with Gasteiger partial charge in [0.25, 0.3) is 0 Å². The van der Waals surface area contributed by atoms with Crippen molar-refractivity contribution in [2.75, 3.05) is 0 Å². The molecule has 1 unspecified atom stereocenters. The van der Waals surface area contributed by atoms with Crippen molar-refractivity contribution in [1.29, 1.82) is 0 Å². The average Bonchev–Trinajstić information content (AvgIpc) is 2.02. The zero-order valence-corrected chi connectivity index (χ0v) is 12.9. The minimum absolute atomic E-state index is 0. The molecule has 0 aliphatic rings. The van der Waals surface area contributed by atoms with Crippen molar-refractivity contribution >= 4 is 20.0 Å². The van der Waals surface area contributed by atoms with E-state index in [-0.39, 0.29) is 34.5 Å². The van der Waals surface area contributed by atoms with Crippen LogP contribution in [0.5, 0.6) is 0 Å². The molecule has 1 aromatic carbocycles. The predicted octanol–water partition coefficient (Wildman–Crippen LogP) is -0.875. The molecule has 0 spiro atoms. The number of hydrogen-bond donors (Lipinski definition) is 0. The van der Waals surface area contributed by atoms with Gasteiger partial charge in [0.05, 0.1) is 0 Å². The van der Waals surface area contributed by atoms with E-state index in [1.165, 1.54) is 0 Å². The third-order valence-corrected chi connectivity index (χ3v) is 3.28. The van der Waals surface area contributed by atoms with Gasteiger partial charge in [-0.05, 0) is 50.0 Å². The molecule has 0 aliphatic carbocycles. The van der Waals surface area contributed by atoms with Crippen LogP contribution in [0.15, 0.2) is 29.2 Å². The Balaban J connectivity index is 0.00000196. The van der Waals surface area contributed by atoms with Crippen molar-refractivity contribution in [2.45, 2.75) is 25.2 Å². The van der Waals surface area contributed by atoms with Gasteiger partial charge in [0.15, 0.2) is 0 Å². The first-order chi connectivity index (χ1) is 6.39. The first kappa shape index (κ1) is 15.6. The van der Waals surface area contributed by atoms with Gasteiger partial charge in [-0.25, -0.2) is 0 Å². The van der Waals surface area contributed by atoms with Crippen molar-refractivity contribution in [3.63, 3.8) is 0 Å². The molecule has 1 atom stereocenters. The van der Waals surface area contributed by atoms with E-state index in [0.29, 0.717) is 5.92 Å². The largest absolute Gasteiger partial charge is 1.00 e. The summed E-state index contributed by atoms with van der Waals surface area (Å²) in [5, 5.41) is 0. The quantitative estimate of drug-likeness (QED) is 0.656. The van der Waals surface area contributed by atoms with Gasteiger partial charge in [-0.15, -0.1) is 0 Å². The average molecular weight is 252 g/mol. The van der Waals surface area contributed by atoms with Crippen molar-refractivity contribution in [3.05, 3.63) is 29.8 Å². The number of benzene rings is 1. The maximum Gasteiger partial charge on any atom is 1.00 e. The normalized spacial score (nSPS) is 14.4. The van der Waals surface area contributed by atoms with E-state index < -0.39 is 8.77 Å². The van der Waals surface area contributed by atoms with E-state index in [0.717, 1.165) is 12.0 Å². The topological polar surface area (TPSA) is 40.1 Å². The summed E-state index contributed by atoms with van der Waals surface area (Å²) in [4.78, 5) is 0.208. The second kappa shape index (κ2) is 6.33. The van der Waals surface area contributed by atoms with Crippen molar-refractivity contribution in [1.82, 2.24) is 0 Å². The van der Waals surface area contributed by atoms with Crippen LogP contribution in [0, 0.1) is 5.92 Å². The van der Waals surface area contributed by atoms with Gasteiger partial charge in [0, 0.05) is 4.90 Å². The Hall–Kier alpha value is 0.550. The van der Waals surface area contributed by atoms with E-state index in [9.17, 15) is 8.76 Å². The predicted molar refractivity (Wildman–Crippen MR) is 59.5 cm³/mol. The Morgan fingerprint density at radius 1 is 1.33 bits per heavy atom. The van der Waals surface area contributed by atoms with Crippen LogP contribution in [-0.2, 0) is 26.4 Å². The number of rotatable bonds is 3. The molecule has 0 fully saturated rings. The second-order valence-corrected chi connectivity index (χ2v) is 6.39. The molecule has 0 saturated heterocycles. The SMILES string of the molecule is CC(C)Cc1ccc(S(=O)([O-])=S)cc1.[Na+]. The van der Waals surface area contributed by atoms with Crippen LogP contribution in [0.4, 0.5) is 0 Å². The molecule has 15 heavy (non-hydrogen) atoms. The zero-order valence-electron chi connectivity index (χ0n) is 9.23. The molecule has 0 heterocycles. The Labute approximate surface area is 118 Å². The summed E-state index contributed by atoms with van der Waals surface area (Å²) in [5.41, 5.74) is 1.14. The number of hydrogen-bond acceptors (Lipinski definition) is 3. The molecule has 0 N–H and O–H groups in total. The Morgan fingerprint density at radius 3 is 2.13 bits per heavy atom. The van der Waals surface area contributed by atoms with E-state index >= 15 is 0 Å². The van der Waals surface area contributed by atoms with E-state index in [1.54, 1.807) is 12.1 Å². The van der Waals surface area contributed by atoms with Crippen LogP contribution in [0.1, 0.15) is 19.4 Å². The first-order valence-electron chi connectivity index (χ1n) is 4.44. The van der Waals surface area contributed by atoms with Gasteiger partial charge >= 0.3 is 29.6 Å². The van der Waals surface area contributed by atoms with Gasteiger partial charge in [-0.1, -0.05) is 26.0 Å². The fraction of sp³-hybridized carbons (Fsp3) is 0.400. The maximum absolute atomic E-state index is 11.0. The van der Waals surface area contributed by atoms with Gasteiger partial charge < -0.3 is 4.55 Å².